The Balaban J connectivity index is 1.49. The van der Waals surface area contributed by atoms with Gasteiger partial charge in [0.05, 0.1) is 11.6 Å². The van der Waals surface area contributed by atoms with E-state index in [2.05, 4.69) is 25.4 Å². The highest BCUT2D eigenvalue weighted by atomic mass is 16.6. The second kappa shape index (κ2) is 7.64. The molecule has 4 heterocycles. The minimum absolute atomic E-state index is 0.109. The van der Waals surface area contributed by atoms with Crippen molar-refractivity contribution in [2.75, 3.05) is 26.3 Å². The minimum Gasteiger partial charge on any atom is -0.486 e. The number of aromatic nitrogens is 5. The number of H-pyrrole nitrogens is 1. The van der Waals surface area contributed by atoms with Crippen LogP contribution in [0.4, 0.5) is 0 Å². The van der Waals surface area contributed by atoms with E-state index in [0.717, 1.165) is 55.5 Å². The largest absolute Gasteiger partial charge is 0.486 e. The minimum atomic E-state index is -0.264. The zero-order valence-corrected chi connectivity index (χ0v) is 17.4. The van der Waals surface area contributed by atoms with Crippen molar-refractivity contribution in [2.24, 2.45) is 0 Å². The summed E-state index contributed by atoms with van der Waals surface area (Å²) < 4.78 is 13.4. The highest BCUT2D eigenvalue weighted by molar-refractivity contribution is 5.83. The SMILES string of the molecule is O=c1[nH]c2cc3c(cc2cc1C(c1nnnn1C1CCCC1)N1CCCC1)OCCO3. The maximum atomic E-state index is 13.3. The van der Waals surface area contributed by atoms with E-state index in [0.29, 0.717) is 36.3 Å². The van der Waals surface area contributed by atoms with Crippen molar-refractivity contribution in [3.8, 4) is 11.5 Å². The summed E-state index contributed by atoms with van der Waals surface area (Å²) in [5.74, 6) is 2.16. The molecule has 0 radical (unpaired) electrons. The lowest BCUT2D eigenvalue weighted by Gasteiger charge is -2.27. The number of benzene rings is 1. The highest BCUT2D eigenvalue weighted by Crippen LogP contribution is 2.37. The summed E-state index contributed by atoms with van der Waals surface area (Å²) >= 11 is 0. The molecule has 162 valence electrons. The van der Waals surface area contributed by atoms with E-state index in [9.17, 15) is 4.79 Å². The molecule has 1 saturated heterocycles. The number of likely N-dealkylation sites (tertiary alicyclic amines) is 1. The van der Waals surface area contributed by atoms with Gasteiger partial charge in [-0.25, -0.2) is 4.68 Å². The Morgan fingerprint density at radius 2 is 1.74 bits per heavy atom. The summed E-state index contributed by atoms with van der Waals surface area (Å²) in [6.07, 6.45) is 6.80. The van der Waals surface area contributed by atoms with Crippen molar-refractivity contribution in [1.29, 1.82) is 0 Å². The number of fused-ring (bicyclic) bond motifs is 2. The van der Waals surface area contributed by atoms with E-state index < -0.39 is 0 Å². The van der Waals surface area contributed by atoms with Crippen molar-refractivity contribution in [1.82, 2.24) is 30.1 Å². The number of nitrogens with one attached hydrogen (secondary N) is 1. The third-order valence-electron chi connectivity index (χ3n) is 6.77. The Kier molecular flexibility index (Phi) is 4.63. The monoisotopic (exact) mass is 422 g/mol. The molecular formula is C22H26N6O3. The molecule has 2 fully saturated rings. The first-order valence-corrected chi connectivity index (χ1v) is 11.3. The number of nitrogens with zero attached hydrogens (tertiary/aromatic N) is 5. The maximum Gasteiger partial charge on any atom is 0.253 e. The molecule has 0 spiro atoms. The van der Waals surface area contributed by atoms with E-state index in [-0.39, 0.29) is 11.6 Å². The topological polar surface area (TPSA) is 98.2 Å². The zero-order valence-electron chi connectivity index (χ0n) is 17.4. The van der Waals surface area contributed by atoms with E-state index in [1.165, 1.54) is 12.8 Å². The third-order valence-corrected chi connectivity index (χ3v) is 6.77. The molecule has 1 saturated carbocycles. The summed E-state index contributed by atoms with van der Waals surface area (Å²) in [7, 11) is 0. The van der Waals surface area contributed by atoms with Crippen molar-refractivity contribution in [3.63, 3.8) is 0 Å². The van der Waals surface area contributed by atoms with Gasteiger partial charge >= 0.3 is 0 Å². The fraction of sp³-hybridized carbons (Fsp3) is 0.545. The van der Waals surface area contributed by atoms with Gasteiger partial charge in [0.2, 0.25) is 0 Å². The second-order valence-electron chi connectivity index (χ2n) is 8.70. The van der Waals surface area contributed by atoms with Gasteiger partial charge in [0.25, 0.3) is 5.56 Å². The predicted molar refractivity (Wildman–Crippen MR) is 114 cm³/mol. The molecule has 1 aromatic carbocycles. The number of hydrogen-bond donors (Lipinski definition) is 1. The van der Waals surface area contributed by atoms with Crippen molar-refractivity contribution >= 4 is 10.9 Å². The molecule has 1 N–H and O–H groups in total. The molecule has 9 heteroatoms. The molecule has 1 aliphatic carbocycles. The fourth-order valence-corrected chi connectivity index (χ4v) is 5.25. The molecule has 9 nitrogen and oxygen atoms in total. The molecule has 2 aliphatic heterocycles. The number of aromatic amines is 1. The molecule has 0 bridgehead atoms. The Hall–Kier alpha value is -2.94. The highest BCUT2D eigenvalue weighted by Gasteiger charge is 2.34. The molecule has 1 atom stereocenters. The van der Waals surface area contributed by atoms with Gasteiger partial charge in [0, 0.05) is 17.0 Å². The molecule has 6 rings (SSSR count). The number of rotatable bonds is 4. The van der Waals surface area contributed by atoms with Crippen LogP contribution in [-0.2, 0) is 0 Å². The standard InChI is InChI=1S/C22H26N6O3/c29-22-16(11-14-12-18-19(13-17(14)23-22)31-10-9-30-18)20(27-7-3-4-8-27)21-24-25-26-28(21)15-5-1-2-6-15/h11-13,15,20H,1-10H2,(H,23,29). The van der Waals surface area contributed by atoms with Gasteiger partial charge in [-0.05, 0) is 61.3 Å². The van der Waals surface area contributed by atoms with E-state index in [4.69, 9.17) is 9.47 Å². The Morgan fingerprint density at radius 3 is 2.52 bits per heavy atom. The van der Waals surface area contributed by atoms with Gasteiger partial charge in [0.15, 0.2) is 17.3 Å². The van der Waals surface area contributed by atoms with Crippen molar-refractivity contribution < 1.29 is 9.47 Å². The average Bonchev–Trinajstić information content (AvgIpc) is 3.55. The third kappa shape index (κ3) is 3.27. The average molecular weight is 422 g/mol. The molecule has 1 unspecified atom stereocenters. The Labute approximate surface area is 179 Å². The zero-order chi connectivity index (χ0) is 20.8. The van der Waals surface area contributed by atoms with Crippen LogP contribution in [0, 0.1) is 0 Å². The Bertz CT molecular complexity index is 1160. The number of hydrogen-bond acceptors (Lipinski definition) is 7. The summed E-state index contributed by atoms with van der Waals surface area (Å²) in [5, 5.41) is 13.7. The van der Waals surface area contributed by atoms with Crippen LogP contribution in [0.5, 0.6) is 11.5 Å². The molecule has 2 aromatic heterocycles. The van der Waals surface area contributed by atoms with Gasteiger partial charge in [-0.2, -0.15) is 0 Å². The molecule has 31 heavy (non-hydrogen) atoms. The van der Waals surface area contributed by atoms with Crippen LogP contribution in [0.3, 0.4) is 0 Å². The van der Waals surface area contributed by atoms with Gasteiger partial charge in [-0.1, -0.05) is 12.8 Å². The number of pyridine rings is 1. The maximum absolute atomic E-state index is 13.3. The summed E-state index contributed by atoms with van der Waals surface area (Å²) in [6, 6.07) is 5.82. The summed E-state index contributed by atoms with van der Waals surface area (Å²) in [4.78, 5) is 18.7. The lowest BCUT2D eigenvalue weighted by Crippen LogP contribution is -2.34. The lowest BCUT2D eigenvalue weighted by molar-refractivity contribution is 0.172. The van der Waals surface area contributed by atoms with Gasteiger partial charge in [-0.3, -0.25) is 9.69 Å². The van der Waals surface area contributed by atoms with E-state index in [1.54, 1.807) is 0 Å². The van der Waals surface area contributed by atoms with Crippen LogP contribution in [-0.4, -0.2) is 56.4 Å². The predicted octanol–water partition coefficient (Wildman–Crippen LogP) is 2.59. The van der Waals surface area contributed by atoms with Crippen LogP contribution in [0.15, 0.2) is 23.0 Å². The first-order valence-electron chi connectivity index (χ1n) is 11.3. The van der Waals surface area contributed by atoms with Crippen LogP contribution in [0.2, 0.25) is 0 Å². The first kappa shape index (κ1) is 18.8. The van der Waals surface area contributed by atoms with Crippen LogP contribution in [0.1, 0.15) is 62.0 Å². The quantitative estimate of drug-likeness (QED) is 0.690. The first-order chi connectivity index (χ1) is 15.3. The van der Waals surface area contributed by atoms with Gasteiger partial charge in [-0.15, -0.1) is 5.10 Å². The van der Waals surface area contributed by atoms with Gasteiger partial charge in [0.1, 0.15) is 19.3 Å². The summed E-state index contributed by atoms with van der Waals surface area (Å²) in [6.45, 7) is 2.91. The number of tetrazole rings is 1. The molecule has 0 amide bonds. The molecular weight excluding hydrogens is 396 g/mol. The van der Waals surface area contributed by atoms with Crippen LogP contribution in [0.25, 0.3) is 10.9 Å². The second-order valence-corrected chi connectivity index (χ2v) is 8.70. The normalized spacial score (nSPS) is 20.5. The summed E-state index contributed by atoms with van der Waals surface area (Å²) in [5.41, 5.74) is 1.32. The van der Waals surface area contributed by atoms with Gasteiger partial charge < -0.3 is 14.5 Å². The molecule has 3 aromatic rings. The lowest BCUT2D eigenvalue weighted by atomic mass is 10.0. The van der Waals surface area contributed by atoms with E-state index in [1.807, 2.05) is 22.9 Å². The van der Waals surface area contributed by atoms with Crippen LogP contribution >= 0.6 is 0 Å². The Morgan fingerprint density at radius 1 is 1.00 bits per heavy atom. The van der Waals surface area contributed by atoms with E-state index >= 15 is 0 Å². The van der Waals surface area contributed by atoms with Crippen LogP contribution < -0.4 is 15.0 Å². The van der Waals surface area contributed by atoms with Crippen molar-refractivity contribution in [3.05, 3.63) is 39.9 Å². The smallest absolute Gasteiger partial charge is 0.253 e. The van der Waals surface area contributed by atoms with Crippen molar-refractivity contribution in [2.45, 2.75) is 50.6 Å². The molecule has 3 aliphatic rings. The fourth-order valence-electron chi connectivity index (χ4n) is 5.25. The number of ether oxygens (including phenoxy) is 2.